The summed E-state index contributed by atoms with van der Waals surface area (Å²) < 4.78 is 2.88. The van der Waals surface area contributed by atoms with Gasteiger partial charge in [-0.25, -0.2) is 4.98 Å². The van der Waals surface area contributed by atoms with E-state index in [-0.39, 0.29) is 24.3 Å². The van der Waals surface area contributed by atoms with Gasteiger partial charge in [0.05, 0.1) is 11.0 Å². The van der Waals surface area contributed by atoms with Crippen molar-refractivity contribution in [2.45, 2.75) is 25.8 Å². The van der Waals surface area contributed by atoms with Crippen LogP contribution in [0.1, 0.15) is 18.7 Å². The first-order valence-corrected chi connectivity index (χ1v) is 10.2. The first-order chi connectivity index (χ1) is 13.6. The van der Waals surface area contributed by atoms with Crippen molar-refractivity contribution in [1.82, 2.24) is 14.9 Å². The fraction of sp³-hybridized carbons (Fsp3) is 0.286. The monoisotopic (exact) mass is 440 g/mol. The van der Waals surface area contributed by atoms with Crippen LogP contribution in [0.5, 0.6) is 0 Å². The molecule has 7 heteroatoms. The van der Waals surface area contributed by atoms with Crippen LogP contribution in [0.4, 0.5) is 5.69 Å². The van der Waals surface area contributed by atoms with Crippen LogP contribution in [0.2, 0.25) is 0 Å². The Bertz CT molecular complexity index is 1010. The van der Waals surface area contributed by atoms with Crippen LogP contribution in [-0.2, 0) is 22.6 Å². The first kappa shape index (κ1) is 18.7. The van der Waals surface area contributed by atoms with Gasteiger partial charge < -0.3 is 15.2 Å². The van der Waals surface area contributed by atoms with Gasteiger partial charge in [-0.15, -0.1) is 0 Å². The Balaban J connectivity index is 1.48. The van der Waals surface area contributed by atoms with Crippen molar-refractivity contribution in [2.75, 3.05) is 11.9 Å². The molecular weight excluding hydrogens is 420 g/mol. The number of fused-ring (bicyclic) bond motifs is 1. The van der Waals surface area contributed by atoms with Crippen molar-refractivity contribution >= 4 is 44.5 Å². The average molecular weight is 441 g/mol. The zero-order valence-electron chi connectivity index (χ0n) is 15.3. The number of para-hydroxylation sites is 2. The lowest BCUT2D eigenvalue weighted by atomic mass is 10.3. The first-order valence-electron chi connectivity index (χ1n) is 9.37. The molecule has 2 amide bonds. The Morgan fingerprint density at radius 1 is 1.11 bits per heavy atom. The summed E-state index contributed by atoms with van der Waals surface area (Å²) in [5.74, 6) is 0.989. The van der Waals surface area contributed by atoms with Crippen LogP contribution in [0.3, 0.4) is 0 Å². The van der Waals surface area contributed by atoms with E-state index in [0.29, 0.717) is 13.0 Å². The second-order valence-corrected chi connectivity index (χ2v) is 7.89. The molecule has 0 unspecified atom stereocenters. The zero-order chi connectivity index (χ0) is 19.5. The van der Waals surface area contributed by atoms with Crippen molar-refractivity contribution in [1.29, 1.82) is 0 Å². The van der Waals surface area contributed by atoms with E-state index in [2.05, 4.69) is 31.5 Å². The molecule has 0 bridgehead atoms. The van der Waals surface area contributed by atoms with Gasteiger partial charge in [-0.2, -0.15) is 0 Å². The molecule has 0 spiro atoms. The van der Waals surface area contributed by atoms with Crippen LogP contribution in [-0.4, -0.2) is 27.9 Å². The fourth-order valence-electron chi connectivity index (χ4n) is 3.16. The van der Waals surface area contributed by atoms with E-state index >= 15 is 0 Å². The molecule has 144 valence electrons. The Kier molecular flexibility index (Phi) is 5.43. The van der Waals surface area contributed by atoms with Gasteiger partial charge in [0.1, 0.15) is 12.4 Å². The van der Waals surface area contributed by atoms with Crippen molar-refractivity contribution in [3.05, 3.63) is 58.8 Å². The van der Waals surface area contributed by atoms with Gasteiger partial charge in [0, 0.05) is 29.0 Å². The lowest BCUT2D eigenvalue weighted by Gasteiger charge is -2.11. The summed E-state index contributed by atoms with van der Waals surface area (Å²) in [4.78, 5) is 29.1. The molecule has 1 fully saturated rings. The summed E-state index contributed by atoms with van der Waals surface area (Å²) in [6, 6.07) is 15.2. The molecule has 1 aromatic heterocycles. The number of hydrogen-bond donors (Lipinski definition) is 2. The zero-order valence-corrected chi connectivity index (χ0v) is 16.9. The maximum Gasteiger partial charge on any atom is 0.244 e. The van der Waals surface area contributed by atoms with E-state index in [9.17, 15) is 9.59 Å². The largest absolute Gasteiger partial charge is 0.355 e. The summed E-state index contributed by atoms with van der Waals surface area (Å²) >= 11 is 3.39. The lowest BCUT2D eigenvalue weighted by molar-refractivity contribution is -0.122. The second kappa shape index (κ2) is 8.14. The number of amides is 2. The standard InChI is InChI=1S/C21H21BrN4O2/c22-15-7-9-16(10-8-15)24-20(27)13-26-18-4-2-1-3-17(18)25-19(26)11-12-23-21(28)14-5-6-14/h1-4,7-10,14H,5-6,11-13H2,(H,23,28)(H,24,27). The Labute approximate surface area is 171 Å². The average Bonchev–Trinajstić information content (AvgIpc) is 3.48. The highest BCUT2D eigenvalue weighted by Gasteiger charge is 2.29. The third-order valence-electron chi connectivity index (χ3n) is 4.76. The summed E-state index contributed by atoms with van der Waals surface area (Å²) in [6.07, 6.45) is 2.56. The lowest BCUT2D eigenvalue weighted by Crippen LogP contribution is -2.28. The van der Waals surface area contributed by atoms with Crippen molar-refractivity contribution in [3.63, 3.8) is 0 Å². The maximum absolute atomic E-state index is 12.6. The molecule has 3 aromatic rings. The van der Waals surface area contributed by atoms with Crippen molar-refractivity contribution < 1.29 is 9.59 Å². The molecular formula is C21H21BrN4O2. The third-order valence-corrected chi connectivity index (χ3v) is 5.29. The number of nitrogens with zero attached hydrogens (tertiary/aromatic N) is 2. The Morgan fingerprint density at radius 2 is 1.86 bits per heavy atom. The number of benzene rings is 2. The van der Waals surface area contributed by atoms with Gasteiger partial charge in [0.25, 0.3) is 0 Å². The van der Waals surface area contributed by atoms with Crippen LogP contribution in [0.15, 0.2) is 53.0 Å². The molecule has 0 atom stereocenters. The Hall–Kier alpha value is -2.67. The van der Waals surface area contributed by atoms with Gasteiger partial charge in [-0.05, 0) is 49.2 Å². The summed E-state index contributed by atoms with van der Waals surface area (Å²) in [6.45, 7) is 0.690. The molecule has 28 heavy (non-hydrogen) atoms. The maximum atomic E-state index is 12.6. The van der Waals surface area contributed by atoms with Crippen molar-refractivity contribution in [2.24, 2.45) is 5.92 Å². The third kappa shape index (κ3) is 4.42. The van der Waals surface area contributed by atoms with Crippen LogP contribution in [0.25, 0.3) is 11.0 Å². The van der Waals surface area contributed by atoms with E-state index < -0.39 is 0 Å². The van der Waals surface area contributed by atoms with Gasteiger partial charge in [-0.1, -0.05) is 28.1 Å². The van der Waals surface area contributed by atoms with E-state index in [4.69, 9.17) is 0 Å². The minimum absolute atomic E-state index is 0.117. The van der Waals surface area contributed by atoms with Crippen molar-refractivity contribution in [3.8, 4) is 0 Å². The Morgan fingerprint density at radius 3 is 2.61 bits per heavy atom. The molecule has 4 rings (SSSR count). The number of aromatic nitrogens is 2. The summed E-state index contributed by atoms with van der Waals surface area (Å²) in [7, 11) is 0. The van der Waals surface area contributed by atoms with E-state index in [0.717, 1.165) is 39.9 Å². The summed E-state index contributed by atoms with van der Waals surface area (Å²) in [5, 5.41) is 5.88. The number of carbonyl (C=O) groups excluding carboxylic acids is 2. The molecule has 2 N–H and O–H groups in total. The number of halogens is 1. The second-order valence-electron chi connectivity index (χ2n) is 6.97. The highest BCUT2D eigenvalue weighted by Crippen LogP contribution is 2.28. The smallest absolute Gasteiger partial charge is 0.244 e. The highest BCUT2D eigenvalue weighted by atomic mass is 79.9. The van der Waals surface area contributed by atoms with Crippen LogP contribution >= 0.6 is 15.9 Å². The van der Waals surface area contributed by atoms with E-state index in [1.165, 1.54) is 0 Å². The van der Waals surface area contributed by atoms with E-state index in [1.807, 2.05) is 53.1 Å². The van der Waals surface area contributed by atoms with E-state index in [1.54, 1.807) is 0 Å². The number of rotatable bonds is 7. The summed E-state index contributed by atoms with van der Waals surface area (Å²) in [5.41, 5.74) is 2.51. The minimum atomic E-state index is -0.117. The molecule has 0 radical (unpaired) electrons. The normalized spacial score (nSPS) is 13.5. The minimum Gasteiger partial charge on any atom is -0.355 e. The quantitative estimate of drug-likeness (QED) is 0.589. The van der Waals surface area contributed by atoms with Gasteiger partial charge in [-0.3, -0.25) is 9.59 Å². The van der Waals surface area contributed by atoms with Gasteiger partial charge in [0.2, 0.25) is 11.8 Å². The predicted molar refractivity (Wildman–Crippen MR) is 112 cm³/mol. The molecule has 0 saturated heterocycles. The van der Waals surface area contributed by atoms with Crippen LogP contribution < -0.4 is 10.6 Å². The molecule has 0 aliphatic heterocycles. The number of imidazole rings is 1. The SMILES string of the molecule is O=C(Cn1c(CCNC(=O)C2CC2)nc2ccccc21)Nc1ccc(Br)cc1. The molecule has 2 aromatic carbocycles. The number of carbonyl (C=O) groups is 2. The topological polar surface area (TPSA) is 76.0 Å². The molecule has 6 nitrogen and oxygen atoms in total. The molecule has 1 heterocycles. The highest BCUT2D eigenvalue weighted by molar-refractivity contribution is 9.10. The van der Waals surface area contributed by atoms with Gasteiger partial charge in [0.15, 0.2) is 0 Å². The number of hydrogen-bond acceptors (Lipinski definition) is 3. The molecule has 1 aliphatic carbocycles. The van der Waals surface area contributed by atoms with Gasteiger partial charge >= 0.3 is 0 Å². The fourth-order valence-corrected chi connectivity index (χ4v) is 3.42. The molecule has 1 saturated carbocycles. The predicted octanol–water partition coefficient (Wildman–Crippen LogP) is 3.51. The molecule has 1 aliphatic rings. The van der Waals surface area contributed by atoms with Crippen LogP contribution in [0, 0.1) is 5.92 Å². The number of nitrogens with one attached hydrogen (secondary N) is 2. The number of anilines is 1.